The van der Waals surface area contributed by atoms with Crippen molar-refractivity contribution in [2.24, 2.45) is 17.8 Å². The lowest BCUT2D eigenvalue weighted by atomic mass is 9.90. The molecule has 0 aromatic rings. The smallest absolute Gasteiger partial charge is 0.416 e. The maximum atomic E-state index is 13.0. The van der Waals surface area contributed by atoms with Crippen LogP contribution in [0.2, 0.25) is 0 Å². The molecule has 21 heavy (non-hydrogen) atoms. The molecule has 0 unspecified atom stereocenters. The molecule has 0 radical (unpaired) electrons. The molecule has 2 saturated heterocycles. The second-order valence-corrected chi connectivity index (χ2v) is 8.05. The SMILES string of the molecule is CC(C)[C@H]1O[C@H](C)[C@@H](I)[C@@H]1C(=O)N1C(=O)OC[C@@H]1C(C)C. The molecule has 2 fully saturated rings. The number of alkyl halides is 1. The minimum Gasteiger partial charge on any atom is -0.447 e. The van der Waals surface area contributed by atoms with Crippen LogP contribution in [0.25, 0.3) is 0 Å². The number of ether oxygens (including phenoxy) is 2. The highest BCUT2D eigenvalue weighted by Crippen LogP contribution is 2.39. The van der Waals surface area contributed by atoms with Crippen molar-refractivity contribution in [2.75, 3.05) is 6.61 Å². The molecule has 5 atom stereocenters. The predicted molar refractivity (Wildman–Crippen MR) is 87.3 cm³/mol. The zero-order chi connectivity index (χ0) is 15.9. The lowest BCUT2D eigenvalue weighted by Gasteiger charge is -2.29. The van der Waals surface area contributed by atoms with Crippen LogP contribution in [0.15, 0.2) is 0 Å². The van der Waals surface area contributed by atoms with Gasteiger partial charge in [-0.1, -0.05) is 50.3 Å². The number of cyclic esters (lactones) is 1. The third-order valence-electron chi connectivity index (χ3n) is 4.37. The normalized spacial score (nSPS) is 36.7. The molecule has 0 bridgehead atoms. The average molecular weight is 409 g/mol. The minimum absolute atomic E-state index is 0.0167. The van der Waals surface area contributed by atoms with Gasteiger partial charge in [0.1, 0.15) is 6.61 Å². The zero-order valence-electron chi connectivity index (χ0n) is 13.2. The van der Waals surface area contributed by atoms with E-state index in [1.807, 2.05) is 20.8 Å². The first-order chi connectivity index (χ1) is 9.75. The highest BCUT2D eigenvalue weighted by Gasteiger charge is 2.51. The monoisotopic (exact) mass is 409 g/mol. The molecule has 0 aromatic carbocycles. The molecular weight excluding hydrogens is 385 g/mol. The molecular formula is C15H24INO4. The van der Waals surface area contributed by atoms with Crippen molar-refractivity contribution in [2.45, 2.75) is 56.8 Å². The van der Waals surface area contributed by atoms with Gasteiger partial charge in [0.2, 0.25) is 5.91 Å². The Morgan fingerprint density at radius 3 is 2.43 bits per heavy atom. The van der Waals surface area contributed by atoms with Crippen LogP contribution in [0.1, 0.15) is 34.6 Å². The van der Waals surface area contributed by atoms with Crippen LogP contribution in [0.4, 0.5) is 4.79 Å². The molecule has 0 spiro atoms. The number of carbonyl (C=O) groups excluding carboxylic acids is 2. The summed E-state index contributed by atoms with van der Waals surface area (Å²) in [6.07, 6.45) is -0.636. The molecule has 2 aliphatic heterocycles. The predicted octanol–water partition coefficient (Wildman–Crippen LogP) is 2.85. The summed E-state index contributed by atoms with van der Waals surface area (Å²) in [5.41, 5.74) is 0. The summed E-state index contributed by atoms with van der Waals surface area (Å²) in [6.45, 7) is 10.4. The van der Waals surface area contributed by atoms with Gasteiger partial charge in [0.05, 0.1) is 28.1 Å². The molecule has 6 heteroatoms. The molecule has 0 saturated carbocycles. The van der Waals surface area contributed by atoms with Gasteiger partial charge in [-0.3, -0.25) is 4.79 Å². The number of amides is 2. The number of nitrogens with zero attached hydrogens (tertiary/aromatic N) is 1. The lowest BCUT2D eigenvalue weighted by molar-refractivity contribution is -0.136. The van der Waals surface area contributed by atoms with Gasteiger partial charge in [-0.15, -0.1) is 0 Å². The number of imide groups is 1. The first-order valence-electron chi connectivity index (χ1n) is 7.55. The van der Waals surface area contributed by atoms with E-state index < -0.39 is 6.09 Å². The molecule has 5 nitrogen and oxygen atoms in total. The minimum atomic E-state index is -0.510. The summed E-state index contributed by atoms with van der Waals surface area (Å²) in [7, 11) is 0. The zero-order valence-corrected chi connectivity index (χ0v) is 15.4. The van der Waals surface area contributed by atoms with E-state index in [0.29, 0.717) is 6.61 Å². The Kier molecular flexibility index (Phi) is 5.18. The summed E-state index contributed by atoms with van der Waals surface area (Å²) in [5, 5.41) is 0. The summed E-state index contributed by atoms with van der Waals surface area (Å²) in [6, 6.07) is -0.169. The van der Waals surface area contributed by atoms with Gasteiger partial charge in [0.25, 0.3) is 0 Å². The molecule has 2 amide bonds. The second kappa shape index (κ2) is 6.40. The standard InChI is InChI=1S/C15H24INO4/c1-7(2)10-6-20-15(19)17(10)14(18)11-12(16)9(5)21-13(11)8(3)4/h7-13H,6H2,1-5H3/t9-,10-,11+,12-,13-/m1/s1. The number of rotatable bonds is 3. The van der Waals surface area contributed by atoms with E-state index in [1.165, 1.54) is 4.90 Å². The average Bonchev–Trinajstić information content (AvgIpc) is 2.91. The van der Waals surface area contributed by atoms with E-state index >= 15 is 0 Å². The van der Waals surface area contributed by atoms with Gasteiger partial charge in [0.15, 0.2) is 0 Å². The third-order valence-corrected chi connectivity index (χ3v) is 6.16. The number of carbonyl (C=O) groups is 2. The Balaban J connectivity index is 2.26. The molecule has 0 aliphatic carbocycles. The maximum Gasteiger partial charge on any atom is 0.416 e. The van der Waals surface area contributed by atoms with Crippen molar-refractivity contribution in [3.8, 4) is 0 Å². The van der Waals surface area contributed by atoms with E-state index in [1.54, 1.807) is 0 Å². The van der Waals surface area contributed by atoms with Crippen molar-refractivity contribution in [1.29, 1.82) is 0 Å². The molecule has 2 heterocycles. The van der Waals surface area contributed by atoms with Gasteiger partial charge in [-0.05, 0) is 18.8 Å². The van der Waals surface area contributed by atoms with Crippen molar-refractivity contribution >= 4 is 34.6 Å². The first kappa shape index (κ1) is 17.0. The van der Waals surface area contributed by atoms with Crippen LogP contribution in [-0.2, 0) is 14.3 Å². The van der Waals surface area contributed by atoms with Crippen molar-refractivity contribution in [1.82, 2.24) is 4.90 Å². The van der Waals surface area contributed by atoms with E-state index in [-0.39, 0.29) is 45.8 Å². The Morgan fingerprint density at radius 2 is 1.90 bits per heavy atom. The lowest BCUT2D eigenvalue weighted by Crippen LogP contribution is -2.49. The first-order valence-corrected chi connectivity index (χ1v) is 8.79. The summed E-state index contributed by atoms with van der Waals surface area (Å²) < 4.78 is 11.1. The van der Waals surface area contributed by atoms with Gasteiger partial charge < -0.3 is 9.47 Å². The highest BCUT2D eigenvalue weighted by atomic mass is 127. The van der Waals surface area contributed by atoms with Crippen LogP contribution in [0.5, 0.6) is 0 Å². The van der Waals surface area contributed by atoms with Gasteiger partial charge in [0, 0.05) is 0 Å². The number of hydrogen-bond donors (Lipinski definition) is 0. The Labute approximate surface area is 139 Å². The molecule has 0 aromatic heterocycles. The Bertz CT molecular complexity index is 426. The fraction of sp³-hybridized carbons (Fsp3) is 0.867. The second-order valence-electron chi connectivity index (χ2n) is 6.62. The van der Waals surface area contributed by atoms with Crippen LogP contribution in [0, 0.1) is 17.8 Å². The van der Waals surface area contributed by atoms with E-state index in [4.69, 9.17) is 9.47 Å². The van der Waals surface area contributed by atoms with Crippen molar-refractivity contribution in [3.05, 3.63) is 0 Å². The largest absolute Gasteiger partial charge is 0.447 e. The topological polar surface area (TPSA) is 55.8 Å². The van der Waals surface area contributed by atoms with Crippen LogP contribution in [0.3, 0.4) is 0 Å². The fourth-order valence-electron chi connectivity index (χ4n) is 3.07. The Hall–Kier alpha value is -0.370. The number of halogens is 1. The molecule has 120 valence electrons. The fourth-order valence-corrected chi connectivity index (χ4v) is 3.96. The molecule has 2 rings (SSSR count). The van der Waals surface area contributed by atoms with E-state index in [2.05, 4.69) is 36.4 Å². The highest BCUT2D eigenvalue weighted by molar-refractivity contribution is 14.1. The molecule has 0 N–H and O–H groups in total. The van der Waals surface area contributed by atoms with Gasteiger partial charge in [-0.25, -0.2) is 9.69 Å². The maximum absolute atomic E-state index is 13.0. The quantitative estimate of drug-likeness (QED) is 0.532. The summed E-state index contributed by atoms with van der Waals surface area (Å²) >= 11 is 2.28. The number of hydrogen-bond acceptors (Lipinski definition) is 4. The van der Waals surface area contributed by atoms with Crippen molar-refractivity contribution in [3.63, 3.8) is 0 Å². The van der Waals surface area contributed by atoms with Crippen LogP contribution < -0.4 is 0 Å². The summed E-state index contributed by atoms with van der Waals surface area (Å²) in [5.74, 6) is -0.00579. The van der Waals surface area contributed by atoms with E-state index in [0.717, 1.165) is 0 Å². The van der Waals surface area contributed by atoms with Gasteiger partial charge >= 0.3 is 6.09 Å². The van der Waals surface area contributed by atoms with Crippen LogP contribution >= 0.6 is 22.6 Å². The Morgan fingerprint density at radius 1 is 1.29 bits per heavy atom. The molecule has 2 aliphatic rings. The van der Waals surface area contributed by atoms with Crippen LogP contribution in [-0.4, -0.2) is 45.7 Å². The summed E-state index contributed by atoms with van der Waals surface area (Å²) in [4.78, 5) is 26.3. The van der Waals surface area contributed by atoms with Crippen molar-refractivity contribution < 1.29 is 19.1 Å². The third kappa shape index (κ3) is 3.06. The van der Waals surface area contributed by atoms with E-state index in [9.17, 15) is 9.59 Å². The van der Waals surface area contributed by atoms with Gasteiger partial charge in [-0.2, -0.15) is 0 Å².